The van der Waals surface area contributed by atoms with Gasteiger partial charge in [0.15, 0.2) is 11.4 Å². The average Bonchev–Trinajstić information content (AvgIpc) is 2.82. The Morgan fingerprint density at radius 2 is 1.86 bits per heavy atom. The van der Waals surface area contributed by atoms with Gasteiger partial charge >= 0.3 is 6.18 Å². The van der Waals surface area contributed by atoms with Gasteiger partial charge in [-0.25, -0.2) is 9.37 Å². The van der Waals surface area contributed by atoms with Gasteiger partial charge in [-0.05, 0) is 36.8 Å². The lowest BCUT2D eigenvalue weighted by molar-refractivity contribution is -0.139. The summed E-state index contributed by atoms with van der Waals surface area (Å²) in [5.41, 5.74) is -0.639. The van der Waals surface area contributed by atoms with E-state index in [2.05, 4.69) is 4.98 Å². The molecule has 0 spiro atoms. The lowest BCUT2D eigenvalue weighted by Gasteiger charge is -2.06. The first-order valence-electron chi connectivity index (χ1n) is 6.20. The van der Waals surface area contributed by atoms with Crippen molar-refractivity contribution >= 4 is 22.7 Å². The number of fused-ring (bicyclic) bond motifs is 1. The number of nitrogens with zero attached hydrogens (tertiary/aromatic N) is 1. The van der Waals surface area contributed by atoms with Crippen LogP contribution in [0.3, 0.4) is 0 Å². The molecular weight excluding hydrogens is 322 g/mol. The van der Waals surface area contributed by atoms with E-state index in [-0.39, 0.29) is 11.5 Å². The minimum absolute atomic E-state index is 0.0294. The van der Waals surface area contributed by atoms with E-state index in [4.69, 9.17) is 16.0 Å². The first-order valence-corrected chi connectivity index (χ1v) is 6.58. The molecule has 0 unspecified atom stereocenters. The normalized spacial score (nSPS) is 12.1. The van der Waals surface area contributed by atoms with Crippen molar-refractivity contribution in [3.8, 4) is 11.5 Å². The monoisotopic (exact) mass is 329 g/mol. The first kappa shape index (κ1) is 14.8. The predicted octanol–water partition coefficient (Wildman–Crippen LogP) is 5.61. The number of hydrogen-bond donors (Lipinski definition) is 0. The molecule has 0 atom stereocenters. The molecule has 0 bridgehead atoms. The van der Waals surface area contributed by atoms with Gasteiger partial charge in [0.05, 0.1) is 16.1 Å². The van der Waals surface area contributed by atoms with Gasteiger partial charge < -0.3 is 4.42 Å². The molecule has 3 aromatic rings. The zero-order chi connectivity index (χ0) is 16.1. The van der Waals surface area contributed by atoms with E-state index >= 15 is 0 Å². The summed E-state index contributed by atoms with van der Waals surface area (Å²) in [4.78, 5) is 3.82. The summed E-state index contributed by atoms with van der Waals surface area (Å²) in [6, 6.07) is 6.69. The lowest BCUT2D eigenvalue weighted by atomic mass is 10.1. The van der Waals surface area contributed by atoms with Crippen molar-refractivity contribution in [3.63, 3.8) is 0 Å². The molecule has 22 heavy (non-hydrogen) atoms. The zero-order valence-corrected chi connectivity index (χ0v) is 11.9. The van der Waals surface area contributed by atoms with E-state index < -0.39 is 23.1 Å². The molecule has 114 valence electrons. The molecule has 7 heteroatoms. The number of oxazole rings is 1. The molecule has 1 aromatic heterocycles. The molecule has 0 radical (unpaired) electrons. The fourth-order valence-electron chi connectivity index (χ4n) is 2.09. The Bertz CT molecular complexity index is 870. The van der Waals surface area contributed by atoms with E-state index in [1.807, 2.05) is 6.92 Å². The maximum absolute atomic E-state index is 14.0. The van der Waals surface area contributed by atoms with Crippen molar-refractivity contribution in [1.29, 1.82) is 0 Å². The van der Waals surface area contributed by atoms with E-state index in [0.717, 1.165) is 11.6 Å². The highest BCUT2D eigenvalue weighted by molar-refractivity contribution is 6.33. The summed E-state index contributed by atoms with van der Waals surface area (Å²) in [5.74, 6) is -1.48. The summed E-state index contributed by atoms with van der Waals surface area (Å²) in [5, 5.41) is 0.322. The second-order valence-electron chi connectivity index (χ2n) is 4.77. The SMILES string of the molecule is Cc1ccc(-c2nc3c(F)c(C(F)(F)F)ccc3o2)c(Cl)c1. The van der Waals surface area contributed by atoms with Gasteiger partial charge in [0, 0.05) is 0 Å². The molecular formula is C15H8ClF4NO. The third-order valence-electron chi connectivity index (χ3n) is 3.16. The summed E-state index contributed by atoms with van der Waals surface area (Å²) in [7, 11) is 0. The fourth-order valence-corrected chi connectivity index (χ4v) is 2.41. The second-order valence-corrected chi connectivity index (χ2v) is 5.18. The van der Waals surface area contributed by atoms with Gasteiger partial charge in [0.1, 0.15) is 5.52 Å². The van der Waals surface area contributed by atoms with Crippen molar-refractivity contribution < 1.29 is 22.0 Å². The average molecular weight is 330 g/mol. The maximum atomic E-state index is 14.0. The Morgan fingerprint density at radius 3 is 2.50 bits per heavy atom. The number of halogens is 5. The predicted molar refractivity (Wildman–Crippen MR) is 74.2 cm³/mol. The molecule has 0 amide bonds. The molecule has 0 aliphatic rings. The summed E-state index contributed by atoms with van der Waals surface area (Å²) in [6.45, 7) is 1.83. The highest BCUT2D eigenvalue weighted by atomic mass is 35.5. The Kier molecular flexibility index (Phi) is 3.36. The minimum atomic E-state index is -4.79. The molecule has 2 nitrogen and oxygen atoms in total. The number of benzene rings is 2. The number of aryl methyl sites for hydroxylation is 1. The van der Waals surface area contributed by atoms with Gasteiger partial charge in [-0.3, -0.25) is 0 Å². The van der Waals surface area contributed by atoms with Gasteiger partial charge in [-0.15, -0.1) is 0 Å². The standard InChI is InChI=1S/C15H8ClF4NO/c1-7-2-3-8(10(16)6-7)14-21-13-11(22-14)5-4-9(12(13)17)15(18,19)20/h2-6H,1H3. The van der Waals surface area contributed by atoms with Crippen LogP contribution in [0, 0.1) is 12.7 Å². The van der Waals surface area contributed by atoms with E-state index in [1.165, 1.54) is 0 Å². The largest absolute Gasteiger partial charge is 0.436 e. The zero-order valence-electron chi connectivity index (χ0n) is 11.1. The van der Waals surface area contributed by atoms with Crippen LogP contribution in [-0.4, -0.2) is 4.98 Å². The molecule has 2 aromatic carbocycles. The molecule has 3 rings (SSSR count). The smallest absolute Gasteiger partial charge is 0.419 e. The van der Waals surface area contributed by atoms with Gasteiger partial charge in [-0.2, -0.15) is 13.2 Å². The fraction of sp³-hybridized carbons (Fsp3) is 0.133. The topological polar surface area (TPSA) is 26.0 Å². The summed E-state index contributed by atoms with van der Waals surface area (Å²) in [6.07, 6.45) is -4.79. The van der Waals surface area contributed by atoms with Crippen LogP contribution < -0.4 is 0 Å². The van der Waals surface area contributed by atoms with Crippen molar-refractivity contribution in [3.05, 3.63) is 52.3 Å². The Labute approximate surface area is 127 Å². The van der Waals surface area contributed by atoms with Crippen LogP contribution in [0.2, 0.25) is 5.02 Å². The lowest BCUT2D eigenvalue weighted by Crippen LogP contribution is -2.08. The molecule has 1 heterocycles. The van der Waals surface area contributed by atoms with E-state index in [9.17, 15) is 17.6 Å². The van der Waals surface area contributed by atoms with Crippen LogP contribution in [0.1, 0.15) is 11.1 Å². The van der Waals surface area contributed by atoms with Crippen molar-refractivity contribution in [2.75, 3.05) is 0 Å². The van der Waals surface area contributed by atoms with Crippen molar-refractivity contribution in [2.24, 2.45) is 0 Å². The van der Waals surface area contributed by atoms with Crippen LogP contribution >= 0.6 is 11.6 Å². The van der Waals surface area contributed by atoms with Crippen LogP contribution in [-0.2, 0) is 6.18 Å². The molecule has 0 aliphatic carbocycles. The second kappa shape index (κ2) is 4.98. The van der Waals surface area contributed by atoms with E-state index in [0.29, 0.717) is 16.7 Å². The quantitative estimate of drug-likeness (QED) is 0.542. The van der Waals surface area contributed by atoms with E-state index in [1.54, 1.807) is 18.2 Å². The Morgan fingerprint density at radius 1 is 1.14 bits per heavy atom. The van der Waals surface area contributed by atoms with Crippen molar-refractivity contribution in [2.45, 2.75) is 13.1 Å². The number of aromatic nitrogens is 1. The Balaban J connectivity index is 2.20. The van der Waals surface area contributed by atoms with Crippen LogP contribution in [0.15, 0.2) is 34.7 Å². The van der Waals surface area contributed by atoms with Gasteiger partial charge in [-0.1, -0.05) is 17.7 Å². The van der Waals surface area contributed by atoms with Crippen molar-refractivity contribution in [1.82, 2.24) is 4.98 Å². The molecule has 0 saturated carbocycles. The third-order valence-corrected chi connectivity index (χ3v) is 3.47. The Hall–Kier alpha value is -2.08. The molecule has 0 saturated heterocycles. The number of alkyl halides is 3. The maximum Gasteiger partial charge on any atom is 0.419 e. The molecule has 0 N–H and O–H groups in total. The van der Waals surface area contributed by atoms with Gasteiger partial charge in [0.25, 0.3) is 0 Å². The third kappa shape index (κ3) is 2.43. The number of hydrogen-bond acceptors (Lipinski definition) is 2. The highest BCUT2D eigenvalue weighted by Crippen LogP contribution is 2.36. The molecule has 0 aliphatic heterocycles. The van der Waals surface area contributed by atoms with Gasteiger partial charge in [0.2, 0.25) is 5.89 Å². The van der Waals surface area contributed by atoms with Crippen LogP contribution in [0.4, 0.5) is 17.6 Å². The summed E-state index contributed by atoms with van der Waals surface area (Å²) >= 11 is 6.06. The highest BCUT2D eigenvalue weighted by Gasteiger charge is 2.35. The molecule has 0 fully saturated rings. The minimum Gasteiger partial charge on any atom is -0.436 e. The van der Waals surface area contributed by atoms with Crippen LogP contribution in [0.5, 0.6) is 0 Å². The number of rotatable bonds is 1. The first-order chi connectivity index (χ1) is 10.3. The summed E-state index contributed by atoms with van der Waals surface area (Å²) < 4.78 is 57.4. The van der Waals surface area contributed by atoms with Crippen LogP contribution in [0.25, 0.3) is 22.6 Å².